The highest BCUT2D eigenvalue weighted by atomic mass is 16.6. The van der Waals surface area contributed by atoms with Gasteiger partial charge in [0.25, 0.3) is 0 Å². The first-order chi connectivity index (χ1) is 8.99. The van der Waals surface area contributed by atoms with E-state index in [9.17, 15) is 9.59 Å². The highest BCUT2D eigenvalue weighted by Crippen LogP contribution is 2.28. The van der Waals surface area contributed by atoms with Gasteiger partial charge in [-0.15, -0.1) is 0 Å². The third-order valence-corrected chi connectivity index (χ3v) is 2.85. The standard InChI is InChI=1S/C12H14N2O5/c1-14-9-3-2-8(13-5-10(15)11(16)17)4-7(9)6-19-12(14)18/h2-4,10,13,15H,5-6H2,1H3,(H,16,17). The SMILES string of the molecule is CN1C(=O)OCc2cc(NCC(O)C(=O)O)ccc21. The predicted octanol–water partition coefficient (Wildman–Crippen LogP) is 0.630. The molecule has 0 radical (unpaired) electrons. The second-order valence-electron chi connectivity index (χ2n) is 4.19. The Kier molecular flexibility index (Phi) is 3.57. The van der Waals surface area contributed by atoms with Gasteiger partial charge in [-0.1, -0.05) is 0 Å². The Hall–Kier alpha value is -2.28. The van der Waals surface area contributed by atoms with Gasteiger partial charge in [-0.25, -0.2) is 9.59 Å². The quantitative estimate of drug-likeness (QED) is 0.739. The van der Waals surface area contributed by atoms with Crippen LogP contribution >= 0.6 is 0 Å². The van der Waals surface area contributed by atoms with E-state index in [4.69, 9.17) is 14.9 Å². The number of nitrogens with one attached hydrogen (secondary N) is 1. The first kappa shape index (κ1) is 13.2. The number of hydrogen-bond acceptors (Lipinski definition) is 5. The number of benzene rings is 1. The van der Waals surface area contributed by atoms with Crippen LogP contribution in [0.3, 0.4) is 0 Å². The number of cyclic esters (lactones) is 1. The molecule has 0 fully saturated rings. The minimum Gasteiger partial charge on any atom is -0.479 e. The topological polar surface area (TPSA) is 99.1 Å². The Morgan fingerprint density at radius 3 is 3.00 bits per heavy atom. The molecule has 0 saturated heterocycles. The van der Waals surface area contributed by atoms with E-state index in [0.29, 0.717) is 5.69 Å². The van der Waals surface area contributed by atoms with E-state index in [1.165, 1.54) is 4.90 Å². The summed E-state index contributed by atoms with van der Waals surface area (Å²) in [4.78, 5) is 23.2. The molecule has 0 spiro atoms. The summed E-state index contributed by atoms with van der Waals surface area (Å²) in [6.07, 6.45) is -1.87. The molecule has 0 saturated carbocycles. The van der Waals surface area contributed by atoms with Gasteiger partial charge in [0, 0.05) is 18.3 Å². The minimum atomic E-state index is -1.46. The number of carbonyl (C=O) groups is 2. The summed E-state index contributed by atoms with van der Waals surface area (Å²) < 4.78 is 4.95. The summed E-state index contributed by atoms with van der Waals surface area (Å²) in [5.41, 5.74) is 2.22. The van der Waals surface area contributed by atoms with Crippen molar-refractivity contribution in [3.63, 3.8) is 0 Å². The second-order valence-corrected chi connectivity index (χ2v) is 4.19. The lowest BCUT2D eigenvalue weighted by Crippen LogP contribution is -2.32. The number of aliphatic carboxylic acids is 1. The van der Waals surface area contributed by atoms with Crippen molar-refractivity contribution in [2.45, 2.75) is 12.7 Å². The fraction of sp³-hybridized carbons (Fsp3) is 0.333. The van der Waals surface area contributed by atoms with Crippen LogP contribution in [0.1, 0.15) is 5.56 Å². The first-order valence-electron chi connectivity index (χ1n) is 5.67. The average molecular weight is 266 g/mol. The van der Waals surface area contributed by atoms with Crippen molar-refractivity contribution in [1.29, 1.82) is 0 Å². The molecule has 102 valence electrons. The molecule has 1 atom stereocenters. The van der Waals surface area contributed by atoms with Crippen LogP contribution in [0, 0.1) is 0 Å². The summed E-state index contributed by atoms with van der Waals surface area (Å²) in [6, 6.07) is 5.21. The van der Waals surface area contributed by atoms with Crippen molar-refractivity contribution in [2.24, 2.45) is 0 Å². The van der Waals surface area contributed by atoms with Crippen molar-refractivity contribution >= 4 is 23.4 Å². The highest BCUT2D eigenvalue weighted by molar-refractivity contribution is 5.90. The molecule has 7 heteroatoms. The number of rotatable bonds is 4. The fourth-order valence-electron chi connectivity index (χ4n) is 1.77. The third-order valence-electron chi connectivity index (χ3n) is 2.85. The van der Waals surface area contributed by atoms with Crippen LogP contribution in [0.2, 0.25) is 0 Å². The normalized spacial score (nSPS) is 15.5. The van der Waals surface area contributed by atoms with Gasteiger partial charge in [0.2, 0.25) is 0 Å². The highest BCUT2D eigenvalue weighted by Gasteiger charge is 2.22. The van der Waals surface area contributed by atoms with Crippen molar-refractivity contribution in [3.05, 3.63) is 23.8 Å². The van der Waals surface area contributed by atoms with Crippen molar-refractivity contribution in [2.75, 3.05) is 23.8 Å². The van der Waals surface area contributed by atoms with E-state index >= 15 is 0 Å². The number of carbonyl (C=O) groups excluding carboxylic acids is 1. The zero-order valence-corrected chi connectivity index (χ0v) is 10.3. The molecule has 1 amide bonds. The smallest absolute Gasteiger partial charge is 0.414 e. The number of aliphatic hydroxyl groups is 1. The Labute approximate surface area is 109 Å². The van der Waals surface area contributed by atoms with E-state index in [-0.39, 0.29) is 13.2 Å². The number of fused-ring (bicyclic) bond motifs is 1. The van der Waals surface area contributed by atoms with E-state index in [1.54, 1.807) is 25.2 Å². The molecule has 3 N–H and O–H groups in total. The molecule has 1 aliphatic heterocycles. The fourth-order valence-corrected chi connectivity index (χ4v) is 1.77. The van der Waals surface area contributed by atoms with Crippen LogP contribution in [0.5, 0.6) is 0 Å². The number of hydrogen-bond donors (Lipinski definition) is 3. The van der Waals surface area contributed by atoms with Crippen LogP contribution in [0.4, 0.5) is 16.2 Å². The number of aliphatic hydroxyl groups excluding tert-OH is 1. The minimum absolute atomic E-state index is 0.0935. The number of carboxylic acid groups (broad SMARTS) is 1. The maximum absolute atomic E-state index is 11.3. The van der Waals surface area contributed by atoms with Gasteiger partial charge in [-0.2, -0.15) is 0 Å². The molecule has 7 nitrogen and oxygen atoms in total. The number of anilines is 2. The van der Waals surface area contributed by atoms with Crippen LogP contribution in [0.15, 0.2) is 18.2 Å². The Morgan fingerprint density at radius 1 is 1.58 bits per heavy atom. The molecule has 2 rings (SSSR count). The van der Waals surface area contributed by atoms with Crippen LogP contribution in [-0.2, 0) is 16.1 Å². The molecule has 1 aliphatic rings. The molecule has 0 aliphatic carbocycles. The van der Waals surface area contributed by atoms with Crippen LogP contribution < -0.4 is 10.2 Å². The molecule has 0 aromatic heterocycles. The number of amides is 1. The van der Waals surface area contributed by atoms with E-state index in [0.717, 1.165) is 11.3 Å². The summed E-state index contributed by atoms with van der Waals surface area (Å²) in [5.74, 6) is -1.28. The Bertz CT molecular complexity index is 517. The Morgan fingerprint density at radius 2 is 2.32 bits per heavy atom. The summed E-state index contributed by atoms with van der Waals surface area (Å²) >= 11 is 0. The molecule has 0 bridgehead atoms. The molecule has 1 aromatic carbocycles. The maximum Gasteiger partial charge on any atom is 0.414 e. The van der Waals surface area contributed by atoms with Gasteiger partial charge in [-0.05, 0) is 18.2 Å². The van der Waals surface area contributed by atoms with Gasteiger partial charge in [0.05, 0.1) is 12.2 Å². The summed E-state index contributed by atoms with van der Waals surface area (Å²) in [5, 5.41) is 20.5. The van der Waals surface area contributed by atoms with Gasteiger partial charge < -0.3 is 20.3 Å². The first-order valence-corrected chi connectivity index (χ1v) is 5.67. The monoisotopic (exact) mass is 266 g/mol. The van der Waals surface area contributed by atoms with E-state index in [2.05, 4.69) is 5.32 Å². The lowest BCUT2D eigenvalue weighted by Gasteiger charge is -2.26. The third kappa shape index (κ3) is 2.76. The van der Waals surface area contributed by atoms with E-state index in [1.807, 2.05) is 0 Å². The lowest BCUT2D eigenvalue weighted by atomic mass is 10.1. The molecule has 1 heterocycles. The number of carboxylic acids is 1. The molecule has 1 unspecified atom stereocenters. The molecular weight excluding hydrogens is 252 g/mol. The Balaban J connectivity index is 2.09. The predicted molar refractivity (Wildman–Crippen MR) is 67.2 cm³/mol. The lowest BCUT2D eigenvalue weighted by molar-refractivity contribution is -0.145. The van der Waals surface area contributed by atoms with E-state index < -0.39 is 18.2 Å². The van der Waals surface area contributed by atoms with Crippen LogP contribution in [0.25, 0.3) is 0 Å². The second kappa shape index (κ2) is 5.15. The van der Waals surface area contributed by atoms with Gasteiger partial charge >= 0.3 is 12.1 Å². The largest absolute Gasteiger partial charge is 0.479 e. The van der Waals surface area contributed by atoms with Gasteiger partial charge in [-0.3, -0.25) is 4.90 Å². The zero-order chi connectivity index (χ0) is 14.0. The van der Waals surface area contributed by atoms with Crippen molar-refractivity contribution < 1.29 is 24.5 Å². The van der Waals surface area contributed by atoms with Crippen LogP contribution in [-0.4, -0.2) is 42.0 Å². The maximum atomic E-state index is 11.3. The zero-order valence-electron chi connectivity index (χ0n) is 10.3. The number of ether oxygens (including phenoxy) is 1. The summed E-state index contributed by atoms with van der Waals surface area (Å²) in [7, 11) is 1.61. The van der Waals surface area contributed by atoms with Crippen molar-refractivity contribution in [3.8, 4) is 0 Å². The van der Waals surface area contributed by atoms with Gasteiger partial charge in [0.15, 0.2) is 6.10 Å². The summed E-state index contributed by atoms with van der Waals surface area (Å²) in [6.45, 7) is 0.0826. The molecule has 1 aromatic rings. The average Bonchev–Trinajstić information content (AvgIpc) is 2.40. The molecule has 19 heavy (non-hydrogen) atoms. The van der Waals surface area contributed by atoms with Gasteiger partial charge in [0.1, 0.15) is 6.61 Å². The van der Waals surface area contributed by atoms with Crippen molar-refractivity contribution in [1.82, 2.24) is 0 Å². The number of nitrogens with zero attached hydrogens (tertiary/aromatic N) is 1. The molecular formula is C12H14N2O5.